The van der Waals surface area contributed by atoms with Gasteiger partial charge >= 0.3 is 0 Å². The normalized spacial score (nSPS) is 10.2. The molecule has 1 heterocycles. The van der Waals surface area contributed by atoms with Gasteiger partial charge in [0.1, 0.15) is 0 Å². The van der Waals surface area contributed by atoms with Crippen molar-refractivity contribution in [2.24, 2.45) is 0 Å². The highest BCUT2D eigenvalue weighted by molar-refractivity contribution is 7.09. The van der Waals surface area contributed by atoms with Crippen LogP contribution in [-0.4, -0.2) is 30.6 Å². The summed E-state index contributed by atoms with van der Waals surface area (Å²) in [6, 6.07) is 0. The van der Waals surface area contributed by atoms with Crippen molar-refractivity contribution in [3.05, 3.63) is 28.2 Å². The van der Waals surface area contributed by atoms with Crippen LogP contribution in [0.15, 0.2) is 17.5 Å². The van der Waals surface area contributed by atoms with Crippen LogP contribution in [0.2, 0.25) is 0 Å². The average molecular weight is 254 g/mol. The molecular weight excluding hydrogens is 236 g/mol. The van der Waals surface area contributed by atoms with E-state index in [1.54, 1.807) is 11.3 Å². The van der Waals surface area contributed by atoms with Gasteiger partial charge in [-0.05, 0) is 13.8 Å². The summed E-state index contributed by atoms with van der Waals surface area (Å²) in [7, 11) is 0. The molecule has 0 bridgehead atoms. The Morgan fingerprint density at radius 3 is 3.00 bits per heavy atom. The summed E-state index contributed by atoms with van der Waals surface area (Å²) in [5.41, 5.74) is 1.81. The number of thiazole rings is 1. The molecule has 1 rings (SSSR count). The van der Waals surface area contributed by atoms with Gasteiger partial charge in [-0.1, -0.05) is 12.2 Å². The van der Waals surface area contributed by atoms with Crippen LogP contribution in [-0.2, 0) is 16.0 Å². The van der Waals surface area contributed by atoms with Crippen LogP contribution in [0.5, 0.6) is 0 Å². The molecule has 0 unspecified atom stereocenters. The van der Waals surface area contributed by atoms with E-state index in [4.69, 9.17) is 4.74 Å². The minimum absolute atomic E-state index is 0.0192. The van der Waals surface area contributed by atoms with Crippen LogP contribution in [0.25, 0.3) is 0 Å². The third kappa shape index (κ3) is 6.19. The van der Waals surface area contributed by atoms with Gasteiger partial charge in [0.25, 0.3) is 0 Å². The molecule has 0 aliphatic carbocycles. The first-order valence-electron chi connectivity index (χ1n) is 5.47. The minimum atomic E-state index is -0.0192. The van der Waals surface area contributed by atoms with E-state index in [2.05, 4.69) is 16.9 Å². The lowest BCUT2D eigenvalue weighted by atomic mass is 10.3. The van der Waals surface area contributed by atoms with Crippen LogP contribution in [0.3, 0.4) is 0 Å². The van der Waals surface area contributed by atoms with Crippen LogP contribution >= 0.6 is 11.3 Å². The standard InChI is InChI=1S/C12H18N2O2S/c1-9(2)7-16-5-4-13-12(15)6-11-8-17-10(3)14-11/h8H,1,4-7H2,2-3H3,(H,13,15). The zero-order valence-electron chi connectivity index (χ0n) is 10.3. The summed E-state index contributed by atoms with van der Waals surface area (Å²) < 4.78 is 5.27. The molecule has 1 aromatic rings. The van der Waals surface area contributed by atoms with E-state index in [-0.39, 0.29) is 5.91 Å². The highest BCUT2D eigenvalue weighted by Gasteiger charge is 2.05. The van der Waals surface area contributed by atoms with Gasteiger partial charge in [0.2, 0.25) is 5.91 Å². The van der Waals surface area contributed by atoms with Crippen LogP contribution < -0.4 is 5.32 Å². The summed E-state index contributed by atoms with van der Waals surface area (Å²) in [5, 5.41) is 5.68. The van der Waals surface area contributed by atoms with Gasteiger partial charge in [0.05, 0.1) is 30.3 Å². The first-order chi connectivity index (χ1) is 8.08. The molecule has 1 amide bonds. The molecular formula is C12H18N2O2S. The Morgan fingerprint density at radius 1 is 1.65 bits per heavy atom. The van der Waals surface area contributed by atoms with Gasteiger partial charge in [0, 0.05) is 11.9 Å². The fourth-order valence-electron chi connectivity index (χ4n) is 1.23. The number of carbonyl (C=O) groups excluding carboxylic acids is 1. The second-order valence-corrected chi connectivity index (χ2v) is 4.96. The topological polar surface area (TPSA) is 51.2 Å². The van der Waals surface area contributed by atoms with Gasteiger partial charge in [-0.25, -0.2) is 4.98 Å². The van der Waals surface area contributed by atoms with Gasteiger partial charge in [-0.15, -0.1) is 11.3 Å². The SMILES string of the molecule is C=C(C)COCCNC(=O)Cc1csc(C)n1. The average Bonchev–Trinajstić information content (AvgIpc) is 2.63. The van der Waals surface area contributed by atoms with E-state index in [1.165, 1.54) is 0 Å². The van der Waals surface area contributed by atoms with Gasteiger partial charge in [0.15, 0.2) is 0 Å². The second-order valence-electron chi connectivity index (χ2n) is 3.89. The summed E-state index contributed by atoms with van der Waals surface area (Å²) >= 11 is 1.56. The maximum Gasteiger partial charge on any atom is 0.226 e. The Kier molecular flexibility index (Phi) is 5.86. The van der Waals surface area contributed by atoms with Gasteiger partial charge < -0.3 is 10.1 Å². The minimum Gasteiger partial charge on any atom is -0.375 e. The van der Waals surface area contributed by atoms with Crippen molar-refractivity contribution in [3.8, 4) is 0 Å². The summed E-state index contributed by atoms with van der Waals surface area (Å²) in [5.74, 6) is -0.0192. The number of amides is 1. The number of ether oxygens (including phenoxy) is 1. The molecule has 0 saturated heterocycles. The molecule has 0 saturated carbocycles. The maximum atomic E-state index is 11.5. The molecule has 0 spiro atoms. The quantitative estimate of drug-likeness (QED) is 0.595. The second kappa shape index (κ2) is 7.19. The number of nitrogens with zero attached hydrogens (tertiary/aromatic N) is 1. The monoisotopic (exact) mass is 254 g/mol. The number of hydrogen-bond donors (Lipinski definition) is 1. The van der Waals surface area contributed by atoms with Crippen molar-refractivity contribution in [2.45, 2.75) is 20.3 Å². The first kappa shape index (κ1) is 13.9. The van der Waals surface area contributed by atoms with E-state index in [0.717, 1.165) is 16.3 Å². The number of nitrogens with one attached hydrogen (secondary N) is 1. The van der Waals surface area contributed by atoms with E-state index in [9.17, 15) is 4.79 Å². The highest BCUT2D eigenvalue weighted by Crippen LogP contribution is 2.07. The molecule has 4 nitrogen and oxygen atoms in total. The Bertz CT molecular complexity index is 388. The zero-order valence-corrected chi connectivity index (χ0v) is 11.1. The Labute approximate surface area is 106 Å². The Balaban J connectivity index is 2.11. The van der Waals surface area contributed by atoms with Crippen LogP contribution in [0.4, 0.5) is 0 Å². The maximum absolute atomic E-state index is 11.5. The largest absolute Gasteiger partial charge is 0.375 e. The van der Waals surface area contributed by atoms with Crippen molar-refractivity contribution < 1.29 is 9.53 Å². The molecule has 0 radical (unpaired) electrons. The lowest BCUT2D eigenvalue weighted by Gasteiger charge is -2.05. The lowest BCUT2D eigenvalue weighted by Crippen LogP contribution is -2.28. The molecule has 5 heteroatoms. The fourth-order valence-corrected chi connectivity index (χ4v) is 1.84. The number of hydrogen-bond acceptors (Lipinski definition) is 4. The van der Waals surface area contributed by atoms with Crippen molar-refractivity contribution >= 4 is 17.2 Å². The van der Waals surface area contributed by atoms with E-state index in [1.807, 2.05) is 19.2 Å². The molecule has 1 aromatic heterocycles. The third-order valence-electron chi connectivity index (χ3n) is 1.93. The zero-order chi connectivity index (χ0) is 12.7. The number of rotatable bonds is 7. The van der Waals surface area contributed by atoms with E-state index < -0.39 is 0 Å². The highest BCUT2D eigenvalue weighted by atomic mass is 32.1. The number of carbonyl (C=O) groups is 1. The molecule has 0 aliphatic rings. The van der Waals surface area contributed by atoms with Crippen molar-refractivity contribution in [3.63, 3.8) is 0 Å². The van der Waals surface area contributed by atoms with Crippen molar-refractivity contribution in [2.75, 3.05) is 19.8 Å². The molecule has 94 valence electrons. The Morgan fingerprint density at radius 2 is 2.41 bits per heavy atom. The lowest BCUT2D eigenvalue weighted by molar-refractivity contribution is -0.120. The first-order valence-corrected chi connectivity index (χ1v) is 6.35. The predicted molar refractivity (Wildman–Crippen MR) is 69.2 cm³/mol. The predicted octanol–water partition coefficient (Wildman–Crippen LogP) is 1.70. The van der Waals surface area contributed by atoms with Crippen molar-refractivity contribution in [1.29, 1.82) is 0 Å². The molecule has 1 N–H and O–H groups in total. The Hall–Kier alpha value is -1.20. The van der Waals surface area contributed by atoms with Gasteiger partial charge in [-0.3, -0.25) is 4.79 Å². The summed E-state index contributed by atoms with van der Waals surface area (Å²) in [6.07, 6.45) is 0.338. The fraction of sp³-hybridized carbons (Fsp3) is 0.500. The van der Waals surface area contributed by atoms with Crippen LogP contribution in [0, 0.1) is 6.92 Å². The summed E-state index contributed by atoms with van der Waals surface area (Å²) in [6.45, 7) is 9.14. The van der Waals surface area contributed by atoms with E-state index >= 15 is 0 Å². The number of aromatic nitrogens is 1. The van der Waals surface area contributed by atoms with Crippen molar-refractivity contribution in [1.82, 2.24) is 10.3 Å². The van der Waals surface area contributed by atoms with Gasteiger partial charge in [-0.2, -0.15) is 0 Å². The molecule has 0 aliphatic heterocycles. The third-order valence-corrected chi connectivity index (χ3v) is 2.75. The smallest absolute Gasteiger partial charge is 0.226 e. The summed E-state index contributed by atoms with van der Waals surface area (Å²) in [4.78, 5) is 15.7. The number of aryl methyl sites for hydroxylation is 1. The molecule has 0 atom stereocenters. The van der Waals surface area contributed by atoms with E-state index in [0.29, 0.717) is 26.2 Å². The van der Waals surface area contributed by atoms with Crippen LogP contribution in [0.1, 0.15) is 17.6 Å². The molecule has 17 heavy (non-hydrogen) atoms. The molecule has 0 aromatic carbocycles. The molecule has 0 fully saturated rings.